The molecule has 4 bridgehead atoms. The molecule has 4 saturated carbocycles. The van der Waals surface area contributed by atoms with E-state index in [0.29, 0.717) is 11.8 Å². The van der Waals surface area contributed by atoms with Gasteiger partial charge in [-0.2, -0.15) is 0 Å². The van der Waals surface area contributed by atoms with Crippen molar-refractivity contribution in [3.8, 4) is 0 Å². The molecule has 5 rings (SSSR count). The number of ether oxygens (including phenoxy) is 1. The first-order valence-electron chi connectivity index (χ1n) is 9.50. The zero-order valence-corrected chi connectivity index (χ0v) is 17.6. The largest absolute Gasteiger partial charge is 0.457 e. The summed E-state index contributed by atoms with van der Waals surface area (Å²) in [6.45, 7) is -0.553. The normalized spacial score (nSPS) is 33.1. The third-order valence-corrected chi connectivity index (χ3v) is 7.67. The Morgan fingerprint density at radius 2 is 1.75 bits per heavy atom. The number of nitrogens with two attached hydrogens (primary N) is 1. The molecule has 4 aliphatic carbocycles. The number of carbonyl (C=O) groups is 2. The van der Waals surface area contributed by atoms with Gasteiger partial charge in [0.15, 0.2) is 6.61 Å². The Morgan fingerprint density at radius 3 is 2.32 bits per heavy atom. The lowest BCUT2D eigenvalue weighted by Crippen LogP contribution is -2.56. The van der Waals surface area contributed by atoms with E-state index >= 15 is 0 Å². The van der Waals surface area contributed by atoms with Gasteiger partial charge in [0.2, 0.25) is 5.78 Å². The van der Waals surface area contributed by atoms with Crippen molar-refractivity contribution >= 4 is 33.5 Å². The van der Waals surface area contributed by atoms with Crippen molar-refractivity contribution in [3.05, 3.63) is 26.4 Å². The lowest BCUT2D eigenvalue weighted by atomic mass is 9.49. The summed E-state index contributed by atoms with van der Waals surface area (Å²) in [4.78, 5) is 49.8. The molecule has 152 valence electrons. The zero-order chi connectivity index (χ0) is 20.4. The first-order valence-corrected chi connectivity index (χ1v) is 10.3. The fourth-order valence-corrected chi connectivity index (χ4v) is 7.32. The van der Waals surface area contributed by atoms with Crippen LogP contribution < -0.4 is 17.0 Å². The SMILES string of the molecule is Cn1c(N)c(C(=O)COC(=O)C23CC4CC(CC(Br)(C4)C2)C3)c(=O)n(C)c1=O. The van der Waals surface area contributed by atoms with Gasteiger partial charge in [-0.25, -0.2) is 4.79 Å². The number of nitrogen functional groups attached to an aromatic ring is 1. The molecule has 1 aromatic heterocycles. The second-order valence-electron chi connectivity index (χ2n) is 8.86. The number of halogens is 1. The number of hydrogen-bond acceptors (Lipinski definition) is 6. The Hall–Kier alpha value is -1.90. The summed E-state index contributed by atoms with van der Waals surface area (Å²) in [5.41, 5.74) is 3.54. The predicted octanol–water partition coefficient (Wildman–Crippen LogP) is 1.13. The molecule has 4 fully saturated rings. The van der Waals surface area contributed by atoms with Crippen LogP contribution in [-0.2, 0) is 23.6 Å². The topological polar surface area (TPSA) is 113 Å². The number of anilines is 1. The first-order chi connectivity index (χ1) is 13.1. The van der Waals surface area contributed by atoms with Crippen molar-refractivity contribution in [1.82, 2.24) is 9.13 Å². The summed E-state index contributed by atoms with van der Waals surface area (Å²) in [6.07, 6.45) is 5.65. The Labute approximate surface area is 170 Å². The van der Waals surface area contributed by atoms with Gasteiger partial charge in [-0.1, -0.05) is 15.9 Å². The van der Waals surface area contributed by atoms with Crippen LogP contribution in [0.25, 0.3) is 0 Å². The van der Waals surface area contributed by atoms with Crippen LogP contribution in [0.2, 0.25) is 0 Å². The molecule has 2 unspecified atom stereocenters. The summed E-state index contributed by atoms with van der Waals surface area (Å²) in [6, 6.07) is 0. The quantitative estimate of drug-likeness (QED) is 0.415. The molecule has 2 N–H and O–H groups in total. The maximum absolute atomic E-state index is 13.0. The van der Waals surface area contributed by atoms with Crippen molar-refractivity contribution in [3.63, 3.8) is 0 Å². The highest BCUT2D eigenvalue weighted by atomic mass is 79.9. The van der Waals surface area contributed by atoms with Crippen LogP contribution in [0.5, 0.6) is 0 Å². The Bertz CT molecular complexity index is 981. The van der Waals surface area contributed by atoms with Crippen LogP contribution in [-0.4, -0.2) is 31.8 Å². The number of nitrogens with zero attached hydrogens (tertiary/aromatic N) is 2. The number of esters is 1. The highest BCUT2D eigenvalue weighted by molar-refractivity contribution is 9.10. The smallest absolute Gasteiger partial charge is 0.332 e. The highest BCUT2D eigenvalue weighted by Gasteiger charge is 2.60. The van der Waals surface area contributed by atoms with Crippen molar-refractivity contribution in [2.45, 2.75) is 42.8 Å². The summed E-state index contributed by atoms with van der Waals surface area (Å²) >= 11 is 3.85. The second-order valence-corrected chi connectivity index (χ2v) is 10.5. The van der Waals surface area contributed by atoms with Crippen LogP contribution in [0, 0.1) is 17.3 Å². The molecular weight excluding hydrogens is 430 g/mol. The number of hydrogen-bond donors (Lipinski definition) is 1. The number of alkyl halides is 1. The van der Waals surface area contributed by atoms with E-state index in [1.807, 2.05) is 0 Å². The van der Waals surface area contributed by atoms with Gasteiger partial charge in [-0.15, -0.1) is 0 Å². The molecule has 1 heterocycles. The molecule has 0 saturated heterocycles. The number of Topliss-reactive ketones (excluding diaryl/α,β-unsaturated/α-hetero) is 1. The van der Waals surface area contributed by atoms with E-state index in [0.717, 1.165) is 47.7 Å². The zero-order valence-electron chi connectivity index (χ0n) is 16.0. The standard InChI is InChI=1S/C19H24BrN3O5/c1-22-14(21)13(15(25)23(2)17(22)27)12(24)8-28-16(26)18-4-10-3-11(5-18)7-19(20,6-10)9-18/h10-11H,3-9,21H2,1-2H3. The van der Waals surface area contributed by atoms with E-state index < -0.39 is 29.1 Å². The van der Waals surface area contributed by atoms with Crippen LogP contribution >= 0.6 is 15.9 Å². The number of rotatable bonds is 4. The van der Waals surface area contributed by atoms with E-state index in [1.54, 1.807) is 0 Å². The summed E-state index contributed by atoms with van der Waals surface area (Å²) in [7, 11) is 2.66. The van der Waals surface area contributed by atoms with Gasteiger partial charge >= 0.3 is 11.7 Å². The van der Waals surface area contributed by atoms with Gasteiger partial charge in [0.1, 0.15) is 11.4 Å². The van der Waals surface area contributed by atoms with Gasteiger partial charge < -0.3 is 10.5 Å². The Balaban J connectivity index is 1.53. The molecule has 2 atom stereocenters. The average Bonchev–Trinajstić information content (AvgIpc) is 2.61. The van der Waals surface area contributed by atoms with Gasteiger partial charge in [0, 0.05) is 18.4 Å². The number of ketones is 1. The van der Waals surface area contributed by atoms with Gasteiger partial charge in [0.05, 0.1) is 5.41 Å². The molecule has 28 heavy (non-hydrogen) atoms. The first kappa shape index (κ1) is 19.4. The van der Waals surface area contributed by atoms with Crippen molar-refractivity contribution in [2.75, 3.05) is 12.3 Å². The molecule has 0 spiro atoms. The molecule has 0 radical (unpaired) electrons. The average molecular weight is 454 g/mol. The van der Waals surface area contributed by atoms with Gasteiger partial charge in [-0.3, -0.25) is 23.5 Å². The molecule has 4 aliphatic rings. The third kappa shape index (κ3) is 2.86. The van der Waals surface area contributed by atoms with Crippen LogP contribution in [0.1, 0.15) is 48.9 Å². The van der Waals surface area contributed by atoms with Crippen LogP contribution in [0.4, 0.5) is 5.82 Å². The minimum atomic E-state index is -0.782. The maximum atomic E-state index is 13.0. The Morgan fingerprint density at radius 1 is 1.14 bits per heavy atom. The van der Waals surface area contributed by atoms with Crippen molar-refractivity contribution in [2.24, 2.45) is 31.3 Å². The third-order valence-electron chi connectivity index (χ3n) is 6.75. The predicted molar refractivity (Wildman–Crippen MR) is 105 cm³/mol. The molecule has 1 aromatic rings. The van der Waals surface area contributed by atoms with Gasteiger partial charge in [0.25, 0.3) is 5.56 Å². The van der Waals surface area contributed by atoms with Gasteiger partial charge in [-0.05, 0) is 50.4 Å². The molecule has 0 aliphatic heterocycles. The van der Waals surface area contributed by atoms with E-state index in [2.05, 4.69) is 15.9 Å². The van der Waals surface area contributed by atoms with E-state index in [-0.39, 0.29) is 21.7 Å². The maximum Gasteiger partial charge on any atom is 0.332 e. The lowest BCUT2D eigenvalue weighted by molar-refractivity contribution is -0.168. The Kier molecular flexibility index (Phi) is 4.37. The summed E-state index contributed by atoms with van der Waals surface area (Å²) in [5, 5.41) is 0. The molecule has 8 nitrogen and oxygen atoms in total. The lowest BCUT2D eigenvalue weighted by Gasteiger charge is -2.58. The number of aromatic nitrogens is 2. The van der Waals surface area contributed by atoms with E-state index in [9.17, 15) is 19.2 Å². The minimum absolute atomic E-state index is 0.00180. The monoisotopic (exact) mass is 453 g/mol. The van der Waals surface area contributed by atoms with Crippen molar-refractivity contribution in [1.29, 1.82) is 0 Å². The summed E-state index contributed by atoms with van der Waals surface area (Å²) in [5.74, 6) is -0.256. The van der Waals surface area contributed by atoms with E-state index in [1.165, 1.54) is 14.1 Å². The minimum Gasteiger partial charge on any atom is -0.457 e. The number of carbonyl (C=O) groups excluding carboxylic acids is 2. The molecular formula is C19H24BrN3O5. The van der Waals surface area contributed by atoms with E-state index in [4.69, 9.17) is 10.5 Å². The molecule has 0 amide bonds. The molecule has 0 aromatic carbocycles. The summed E-state index contributed by atoms with van der Waals surface area (Å²) < 4.78 is 7.26. The van der Waals surface area contributed by atoms with Crippen molar-refractivity contribution < 1.29 is 14.3 Å². The molecule has 9 heteroatoms. The second kappa shape index (κ2) is 6.30. The highest BCUT2D eigenvalue weighted by Crippen LogP contribution is 2.64. The van der Waals surface area contributed by atoms with Crippen LogP contribution in [0.15, 0.2) is 9.59 Å². The van der Waals surface area contributed by atoms with Crippen LogP contribution in [0.3, 0.4) is 0 Å². The fraction of sp³-hybridized carbons (Fsp3) is 0.684. The fourth-order valence-electron chi connectivity index (χ4n) is 5.87.